The molecule has 100 valence electrons. The maximum absolute atomic E-state index is 12.5. The van der Waals surface area contributed by atoms with Crippen LogP contribution in [0.25, 0.3) is 6.08 Å². The lowest BCUT2D eigenvalue weighted by molar-refractivity contribution is -0.113. The molecule has 0 heterocycles. The van der Waals surface area contributed by atoms with E-state index in [1.807, 2.05) is 30.3 Å². The third kappa shape index (κ3) is 3.16. The van der Waals surface area contributed by atoms with Crippen LogP contribution in [0.5, 0.6) is 0 Å². The van der Waals surface area contributed by atoms with E-state index in [1.54, 1.807) is 0 Å². The minimum absolute atomic E-state index is 0.198. The van der Waals surface area contributed by atoms with Crippen LogP contribution in [0, 0.1) is 11.8 Å². The zero-order chi connectivity index (χ0) is 14.0. The highest BCUT2D eigenvalue weighted by molar-refractivity contribution is 6.30. The average molecular weight is 275 g/mol. The van der Waals surface area contributed by atoms with E-state index in [0.29, 0.717) is 5.02 Å². The Morgan fingerprint density at radius 1 is 1.26 bits per heavy atom. The van der Waals surface area contributed by atoms with Crippen LogP contribution in [0.1, 0.15) is 32.8 Å². The molecule has 1 aliphatic carbocycles. The largest absolute Gasteiger partial charge is 0.289 e. The average Bonchev–Trinajstić information content (AvgIpc) is 2.36. The molecule has 0 bridgehead atoms. The zero-order valence-corrected chi connectivity index (χ0v) is 12.4. The standard InChI is InChI=1S/C17H19ClO/c1-11(2)15-9-4-12(3)16(17(15)19)10-13-5-7-14(18)8-6-13/h5-12H,4H2,1-3H3/b16-10+. The zero-order valence-electron chi connectivity index (χ0n) is 11.6. The molecule has 1 nitrogen and oxygen atoms in total. The summed E-state index contributed by atoms with van der Waals surface area (Å²) < 4.78 is 0. The highest BCUT2D eigenvalue weighted by Gasteiger charge is 2.26. The molecule has 0 aliphatic heterocycles. The molecule has 0 N–H and O–H groups in total. The van der Waals surface area contributed by atoms with Gasteiger partial charge in [0.1, 0.15) is 0 Å². The van der Waals surface area contributed by atoms with Crippen molar-refractivity contribution in [2.24, 2.45) is 11.8 Å². The molecule has 0 saturated heterocycles. The van der Waals surface area contributed by atoms with E-state index in [2.05, 4.69) is 26.8 Å². The van der Waals surface area contributed by atoms with Crippen molar-refractivity contribution in [3.63, 3.8) is 0 Å². The molecule has 19 heavy (non-hydrogen) atoms. The fourth-order valence-electron chi connectivity index (χ4n) is 2.36. The van der Waals surface area contributed by atoms with Gasteiger partial charge in [-0.2, -0.15) is 0 Å². The molecule has 1 atom stereocenters. The Balaban J connectivity index is 2.35. The molecule has 1 aromatic rings. The number of hydrogen-bond donors (Lipinski definition) is 0. The van der Waals surface area contributed by atoms with E-state index in [9.17, 15) is 4.79 Å². The molecule has 1 aromatic carbocycles. The Hall–Kier alpha value is -1.34. The van der Waals surface area contributed by atoms with E-state index in [1.165, 1.54) is 0 Å². The number of carbonyl (C=O) groups is 1. The van der Waals surface area contributed by atoms with E-state index in [4.69, 9.17) is 11.6 Å². The Morgan fingerprint density at radius 3 is 2.47 bits per heavy atom. The quantitative estimate of drug-likeness (QED) is 0.700. The number of allylic oxidation sites excluding steroid dienone is 3. The van der Waals surface area contributed by atoms with Crippen LogP contribution in [-0.2, 0) is 4.79 Å². The summed E-state index contributed by atoms with van der Waals surface area (Å²) >= 11 is 5.88. The van der Waals surface area contributed by atoms with Gasteiger partial charge < -0.3 is 0 Å². The van der Waals surface area contributed by atoms with Gasteiger partial charge in [-0.25, -0.2) is 0 Å². The number of hydrogen-bond acceptors (Lipinski definition) is 1. The summed E-state index contributed by atoms with van der Waals surface area (Å²) in [6.45, 7) is 6.24. The van der Waals surface area contributed by atoms with E-state index >= 15 is 0 Å². The summed E-state index contributed by atoms with van der Waals surface area (Å²) in [6.07, 6.45) is 5.04. The first-order valence-corrected chi connectivity index (χ1v) is 7.08. The summed E-state index contributed by atoms with van der Waals surface area (Å²) in [5.74, 6) is 0.767. The van der Waals surface area contributed by atoms with Gasteiger partial charge in [0.15, 0.2) is 5.78 Å². The second kappa shape index (κ2) is 5.75. The van der Waals surface area contributed by atoms with Crippen molar-refractivity contribution in [3.05, 3.63) is 52.1 Å². The van der Waals surface area contributed by atoms with E-state index in [-0.39, 0.29) is 17.6 Å². The maximum Gasteiger partial charge on any atom is 0.185 e. The van der Waals surface area contributed by atoms with E-state index in [0.717, 1.165) is 23.1 Å². The molecular formula is C17H19ClO. The molecule has 1 aliphatic rings. The molecular weight excluding hydrogens is 256 g/mol. The summed E-state index contributed by atoms with van der Waals surface area (Å²) in [7, 11) is 0. The van der Waals surface area contributed by atoms with Gasteiger partial charge in [0.25, 0.3) is 0 Å². The third-order valence-corrected chi connectivity index (χ3v) is 3.81. The van der Waals surface area contributed by atoms with Gasteiger partial charge in [-0.05, 0) is 47.6 Å². The second-order valence-corrected chi connectivity index (χ2v) is 5.87. The second-order valence-electron chi connectivity index (χ2n) is 5.43. The summed E-state index contributed by atoms with van der Waals surface area (Å²) in [5.41, 5.74) is 2.89. The monoisotopic (exact) mass is 274 g/mol. The lowest BCUT2D eigenvalue weighted by atomic mass is 9.80. The number of halogens is 1. The summed E-state index contributed by atoms with van der Waals surface area (Å²) in [4.78, 5) is 12.5. The van der Waals surface area contributed by atoms with Gasteiger partial charge in [0, 0.05) is 10.6 Å². The Kier molecular flexibility index (Phi) is 4.26. The van der Waals surface area contributed by atoms with Crippen LogP contribution in [0.2, 0.25) is 5.02 Å². The van der Waals surface area contributed by atoms with Crippen molar-refractivity contribution >= 4 is 23.5 Å². The van der Waals surface area contributed by atoms with Gasteiger partial charge in [0.2, 0.25) is 0 Å². The first-order chi connectivity index (χ1) is 8.99. The molecule has 0 fully saturated rings. The van der Waals surface area contributed by atoms with Crippen LogP contribution in [-0.4, -0.2) is 5.78 Å². The summed E-state index contributed by atoms with van der Waals surface area (Å²) in [5, 5.41) is 0.716. The minimum atomic E-state index is 0.198. The van der Waals surface area contributed by atoms with Crippen molar-refractivity contribution in [2.75, 3.05) is 0 Å². The number of Topliss-reactive ketones (excluding diaryl/α,β-unsaturated/α-hetero) is 1. The lowest BCUT2D eigenvalue weighted by Crippen LogP contribution is -2.20. The van der Waals surface area contributed by atoms with Crippen molar-refractivity contribution in [1.29, 1.82) is 0 Å². The van der Waals surface area contributed by atoms with Crippen LogP contribution < -0.4 is 0 Å². The minimum Gasteiger partial charge on any atom is -0.289 e. The van der Waals surface area contributed by atoms with Crippen LogP contribution >= 0.6 is 11.6 Å². The Bertz CT molecular complexity index is 535. The fraction of sp³-hybridized carbons (Fsp3) is 0.353. The Labute approximate surface area is 120 Å². The van der Waals surface area contributed by atoms with Crippen molar-refractivity contribution in [1.82, 2.24) is 0 Å². The Morgan fingerprint density at radius 2 is 1.89 bits per heavy atom. The maximum atomic E-state index is 12.5. The predicted molar refractivity (Wildman–Crippen MR) is 81.1 cm³/mol. The van der Waals surface area contributed by atoms with Crippen LogP contribution in [0.15, 0.2) is 41.5 Å². The smallest absolute Gasteiger partial charge is 0.185 e. The SMILES string of the molecule is CC(C)C1=CCC(C)/C(=C\c2ccc(Cl)cc2)C1=O. The molecule has 2 rings (SSSR count). The fourth-order valence-corrected chi connectivity index (χ4v) is 2.48. The molecule has 2 heteroatoms. The first kappa shape index (κ1) is 14.1. The van der Waals surface area contributed by atoms with Gasteiger partial charge in [-0.3, -0.25) is 4.79 Å². The van der Waals surface area contributed by atoms with Crippen molar-refractivity contribution in [2.45, 2.75) is 27.2 Å². The molecule has 0 saturated carbocycles. The van der Waals surface area contributed by atoms with Crippen LogP contribution in [0.3, 0.4) is 0 Å². The molecule has 0 spiro atoms. The number of benzene rings is 1. The lowest BCUT2D eigenvalue weighted by Gasteiger charge is -2.23. The highest BCUT2D eigenvalue weighted by atomic mass is 35.5. The number of ketones is 1. The molecule has 1 unspecified atom stereocenters. The van der Waals surface area contributed by atoms with Crippen molar-refractivity contribution < 1.29 is 4.79 Å². The first-order valence-electron chi connectivity index (χ1n) is 6.71. The van der Waals surface area contributed by atoms with Crippen molar-refractivity contribution in [3.8, 4) is 0 Å². The van der Waals surface area contributed by atoms with Gasteiger partial charge in [-0.15, -0.1) is 0 Å². The van der Waals surface area contributed by atoms with Crippen LogP contribution in [0.4, 0.5) is 0 Å². The number of rotatable bonds is 2. The highest BCUT2D eigenvalue weighted by Crippen LogP contribution is 2.31. The van der Waals surface area contributed by atoms with Gasteiger partial charge in [-0.1, -0.05) is 50.6 Å². The van der Waals surface area contributed by atoms with Gasteiger partial charge >= 0.3 is 0 Å². The molecule has 0 radical (unpaired) electrons. The predicted octanol–water partition coefficient (Wildman–Crippen LogP) is 4.91. The third-order valence-electron chi connectivity index (χ3n) is 3.56. The molecule has 0 amide bonds. The summed E-state index contributed by atoms with van der Waals surface area (Å²) in [6, 6.07) is 7.60. The van der Waals surface area contributed by atoms with E-state index < -0.39 is 0 Å². The normalized spacial score (nSPS) is 21.9. The topological polar surface area (TPSA) is 17.1 Å². The number of carbonyl (C=O) groups excluding carboxylic acids is 1. The molecule has 0 aromatic heterocycles. The van der Waals surface area contributed by atoms with Gasteiger partial charge in [0.05, 0.1) is 0 Å².